The number of carbonyl (C=O) groups excluding carboxylic acids is 1. The van der Waals surface area contributed by atoms with Gasteiger partial charge in [0.15, 0.2) is 0 Å². The quantitative estimate of drug-likeness (QED) is 0.786. The molecule has 0 fully saturated rings. The molecular formula is C19H24N2O3S. The van der Waals surface area contributed by atoms with E-state index in [0.29, 0.717) is 19.5 Å². The average Bonchev–Trinajstić information content (AvgIpc) is 2.63. The summed E-state index contributed by atoms with van der Waals surface area (Å²) in [5.74, 6) is -0.214. The molecule has 0 spiro atoms. The molecule has 2 rings (SSSR count). The Kier molecular flexibility index (Phi) is 6.73. The molecule has 25 heavy (non-hydrogen) atoms. The highest BCUT2D eigenvalue weighted by Crippen LogP contribution is 2.12. The van der Waals surface area contributed by atoms with Crippen molar-refractivity contribution in [2.75, 3.05) is 13.1 Å². The summed E-state index contributed by atoms with van der Waals surface area (Å²) in [5.41, 5.74) is 0.906. The predicted molar refractivity (Wildman–Crippen MR) is 98.6 cm³/mol. The Morgan fingerprint density at radius 1 is 0.960 bits per heavy atom. The molecular weight excluding hydrogens is 336 g/mol. The number of nitrogens with one attached hydrogen (secondary N) is 1. The van der Waals surface area contributed by atoms with Crippen LogP contribution in [0.4, 0.5) is 0 Å². The van der Waals surface area contributed by atoms with Crippen molar-refractivity contribution in [3.63, 3.8) is 0 Å². The third-order valence-corrected chi connectivity index (χ3v) is 5.49. The largest absolute Gasteiger partial charge is 0.342 e. The molecule has 1 N–H and O–H groups in total. The monoisotopic (exact) mass is 360 g/mol. The maximum Gasteiger partial charge on any atom is 0.241 e. The van der Waals surface area contributed by atoms with E-state index >= 15 is 0 Å². The normalized spacial score (nSPS) is 12.6. The average molecular weight is 360 g/mol. The van der Waals surface area contributed by atoms with Crippen molar-refractivity contribution in [2.24, 2.45) is 0 Å². The van der Waals surface area contributed by atoms with Crippen molar-refractivity contribution in [3.8, 4) is 0 Å². The molecule has 0 heterocycles. The summed E-state index contributed by atoms with van der Waals surface area (Å²) in [6.45, 7) is 4.83. The molecule has 0 aliphatic heterocycles. The van der Waals surface area contributed by atoms with Crippen molar-refractivity contribution in [1.82, 2.24) is 9.62 Å². The van der Waals surface area contributed by atoms with Gasteiger partial charge in [-0.1, -0.05) is 48.5 Å². The van der Waals surface area contributed by atoms with Gasteiger partial charge in [-0.3, -0.25) is 4.79 Å². The highest BCUT2D eigenvalue weighted by atomic mass is 32.2. The van der Waals surface area contributed by atoms with Crippen LogP contribution >= 0.6 is 0 Å². The lowest BCUT2D eigenvalue weighted by Gasteiger charge is -2.26. The predicted octanol–water partition coefficient (Wildman–Crippen LogP) is 2.44. The second-order valence-corrected chi connectivity index (χ2v) is 7.40. The number of benzene rings is 2. The highest BCUT2D eigenvalue weighted by molar-refractivity contribution is 7.89. The Hall–Kier alpha value is -2.18. The van der Waals surface area contributed by atoms with E-state index in [1.807, 2.05) is 44.2 Å². The smallest absolute Gasteiger partial charge is 0.241 e. The first kappa shape index (κ1) is 19.1. The zero-order valence-corrected chi connectivity index (χ0v) is 15.4. The Balaban J connectivity index is 2.29. The lowest BCUT2D eigenvalue weighted by Crippen LogP contribution is -2.49. The minimum Gasteiger partial charge on any atom is -0.342 e. The summed E-state index contributed by atoms with van der Waals surface area (Å²) in [5, 5.41) is 0. The van der Waals surface area contributed by atoms with E-state index in [0.717, 1.165) is 5.56 Å². The Labute approximate surface area is 149 Å². The maximum absolute atomic E-state index is 12.8. The Morgan fingerprint density at radius 2 is 1.48 bits per heavy atom. The van der Waals surface area contributed by atoms with E-state index in [9.17, 15) is 13.2 Å². The van der Waals surface area contributed by atoms with Crippen molar-refractivity contribution in [3.05, 3.63) is 66.2 Å². The van der Waals surface area contributed by atoms with Gasteiger partial charge in [-0.2, -0.15) is 4.72 Å². The molecule has 0 bridgehead atoms. The number of likely N-dealkylation sites (N-methyl/N-ethyl adjacent to an activating group) is 1. The molecule has 0 aliphatic carbocycles. The molecule has 0 unspecified atom stereocenters. The van der Waals surface area contributed by atoms with Crippen molar-refractivity contribution < 1.29 is 13.2 Å². The third kappa shape index (κ3) is 5.14. The summed E-state index contributed by atoms with van der Waals surface area (Å²) >= 11 is 0. The van der Waals surface area contributed by atoms with Gasteiger partial charge < -0.3 is 4.90 Å². The number of nitrogens with zero attached hydrogens (tertiary/aromatic N) is 1. The molecule has 0 radical (unpaired) electrons. The topological polar surface area (TPSA) is 66.5 Å². The number of hydrogen-bond acceptors (Lipinski definition) is 3. The molecule has 1 amide bonds. The van der Waals surface area contributed by atoms with Crippen LogP contribution in [0.3, 0.4) is 0 Å². The number of rotatable bonds is 8. The molecule has 2 aromatic rings. The molecule has 0 saturated carbocycles. The number of sulfonamides is 1. The van der Waals surface area contributed by atoms with Gasteiger partial charge in [-0.15, -0.1) is 0 Å². The first-order valence-electron chi connectivity index (χ1n) is 8.38. The highest BCUT2D eigenvalue weighted by Gasteiger charge is 2.28. The van der Waals surface area contributed by atoms with Gasteiger partial charge in [0.1, 0.15) is 6.04 Å². The van der Waals surface area contributed by atoms with Crippen LogP contribution in [0.2, 0.25) is 0 Å². The van der Waals surface area contributed by atoms with E-state index < -0.39 is 16.1 Å². The van der Waals surface area contributed by atoms with Crippen LogP contribution in [0, 0.1) is 0 Å². The van der Waals surface area contributed by atoms with Crippen LogP contribution in [0.5, 0.6) is 0 Å². The van der Waals surface area contributed by atoms with Gasteiger partial charge >= 0.3 is 0 Å². The van der Waals surface area contributed by atoms with E-state index in [2.05, 4.69) is 4.72 Å². The summed E-state index contributed by atoms with van der Waals surface area (Å²) in [6, 6.07) is 16.7. The molecule has 0 aromatic heterocycles. The van der Waals surface area contributed by atoms with Crippen LogP contribution in [0.1, 0.15) is 19.4 Å². The second kappa shape index (κ2) is 8.78. The third-order valence-electron chi connectivity index (χ3n) is 4.01. The fourth-order valence-corrected chi connectivity index (χ4v) is 3.85. The van der Waals surface area contributed by atoms with Gasteiger partial charge in [0.25, 0.3) is 0 Å². The Morgan fingerprint density at radius 3 is 2.00 bits per heavy atom. The molecule has 2 aromatic carbocycles. The summed E-state index contributed by atoms with van der Waals surface area (Å²) in [4.78, 5) is 14.6. The molecule has 0 aliphatic rings. The van der Waals surface area contributed by atoms with E-state index in [4.69, 9.17) is 0 Å². The minimum atomic E-state index is -3.77. The lowest BCUT2D eigenvalue weighted by atomic mass is 10.1. The Bertz CT molecular complexity index is 773. The zero-order chi connectivity index (χ0) is 18.3. The van der Waals surface area contributed by atoms with Crippen LogP contribution in [0.15, 0.2) is 65.6 Å². The van der Waals surface area contributed by atoms with Crippen molar-refractivity contribution in [1.29, 1.82) is 0 Å². The van der Waals surface area contributed by atoms with E-state index in [1.165, 1.54) is 12.1 Å². The second-order valence-electron chi connectivity index (χ2n) is 5.69. The standard InChI is InChI=1S/C19H24N2O3S/c1-3-21(4-2)19(22)18(15-16-11-7-5-8-12-16)20-25(23,24)17-13-9-6-10-14-17/h5-14,18,20H,3-4,15H2,1-2H3/t18-/m0/s1. The van der Waals surface area contributed by atoms with E-state index in [1.54, 1.807) is 23.1 Å². The maximum atomic E-state index is 12.8. The number of amides is 1. The molecule has 6 heteroatoms. The van der Waals surface area contributed by atoms with Crippen LogP contribution < -0.4 is 4.72 Å². The van der Waals surface area contributed by atoms with Gasteiger partial charge in [0.2, 0.25) is 15.9 Å². The number of carbonyl (C=O) groups is 1. The van der Waals surface area contributed by atoms with Crippen LogP contribution in [0.25, 0.3) is 0 Å². The van der Waals surface area contributed by atoms with Gasteiger partial charge in [0, 0.05) is 13.1 Å². The first-order chi connectivity index (χ1) is 12.0. The zero-order valence-electron chi connectivity index (χ0n) is 14.6. The summed E-state index contributed by atoms with van der Waals surface area (Å²) in [7, 11) is -3.77. The fourth-order valence-electron chi connectivity index (χ4n) is 2.64. The lowest BCUT2D eigenvalue weighted by molar-refractivity contribution is -0.132. The molecule has 134 valence electrons. The molecule has 0 saturated heterocycles. The van der Waals surface area contributed by atoms with Gasteiger partial charge in [0.05, 0.1) is 4.90 Å². The number of hydrogen-bond donors (Lipinski definition) is 1. The molecule has 5 nitrogen and oxygen atoms in total. The first-order valence-corrected chi connectivity index (χ1v) is 9.86. The molecule has 1 atom stereocenters. The van der Waals surface area contributed by atoms with Gasteiger partial charge in [-0.05, 0) is 38.0 Å². The van der Waals surface area contributed by atoms with Crippen LogP contribution in [-0.2, 0) is 21.2 Å². The van der Waals surface area contributed by atoms with Gasteiger partial charge in [-0.25, -0.2) is 8.42 Å². The van der Waals surface area contributed by atoms with E-state index in [-0.39, 0.29) is 10.8 Å². The van der Waals surface area contributed by atoms with Crippen molar-refractivity contribution >= 4 is 15.9 Å². The fraction of sp³-hybridized carbons (Fsp3) is 0.316. The summed E-state index contributed by atoms with van der Waals surface area (Å²) in [6.07, 6.45) is 0.308. The summed E-state index contributed by atoms with van der Waals surface area (Å²) < 4.78 is 27.9. The van der Waals surface area contributed by atoms with Crippen molar-refractivity contribution in [2.45, 2.75) is 31.2 Å². The SMILES string of the molecule is CCN(CC)C(=O)[C@H](Cc1ccccc1)NS(=O)(=O)c1ccccc1. The van der Waals surface area contributed by atoms with Crippen LogP contribution in [-0.4, -0.2) is 38.4 Å². The minimum absolute atomic E-state index is 0.153.